The smallest absolute Gasteiger partial charge is 0.310 e. The van der Waals surface area contributed by atoms with E-state index in [0.29, 0.717) is 19.7 Å². The van der Waals surface area contributed by atoms with Crippen LogP contribution in [-0.4, -0.2) is 38.4 Å². The third-order valence-electron chi connectivity index (χ3n) is 3.74. The molecule has 1 rings (SSSR count). The molecule has 6 heteroatoms. The van der Waals surface area contributed by atoms with Gasteiger partial charge >= 0.3 is 5.97 Å². The first-order valence-electron chi connectivity index (χ1n) is 8.70. The normalized spacial score (nSPS) is 11.7. The first-order chi connectivity index (χ1) is 11.5. The quantitative estimate of drug-likeness (QED) is 0.571. The zero-order valence-corrected chi connectivity index (χ0v) is 15.8. The van der Waals surface area contributed by atoms with Crippen LogP contribution in [0.2, 0.25) is 0 Å². The van der Waals surface area contributed by atoms with Crippen LogP contribution in [0.5, 0.6) is 0 Å². The van der Waals surface area contributed by atoms with Gasteiger partial charge in [0.15, 0.2) is 0 Å². The van der Waals surface area contributed by atoms with Gasteiger partial charge in [-0.1, -0.05) is 38.8 Å². The Morgan fingerprint density at radius 2 is 1.54 bits per heavy atom. The fourth-order valence-corrected chi connectivity index (χ4v) is 3.85. The summed E-state index contributed by atoms with van der Waals surface area (Å²) in [6.07, 6.45) is 3.77. The van der Waals surface area contributed by atoms with Gasteiger partial charge in [0.2, 0.25) is 10.0 Å². The number of carbonyl (C=O) groups excluding carboxylic acids is 1. The van der Waals surface area contributed by atoms with Crippen molar-refractivity contribution >= 4 is 16.0 Å². The van der Waals surface area contributed by atoms with Gasteiger partial charge in [-0.2, -0.15) is 4.31 Å². The van der Waals surface area contributed by atoms with Crippen LogP contribution in [0.1, 0.15) is 52.0 Å². The van der Waals surface area contributed by atoms with Gasteiger partial charge in [-0.05, 0) is 37.5 Å². The second kappa shape index (κ2) is 10.5. The minimum absolute atomic E-state index is 0.156. The molecule has 0 aliphatic heterocycles. The van der Waals surface area contributed by atoms with Crippen molar-refractivity contribution in [3.63, 3.8) is 0 Å². The Balaban J connectivity index is 2.88. The fraction of sp³-hybridized carbons (Fsp3) is 0.611. The third kappa shape index (κ3) is 6.24. The molecule has 0 saturated heterocycles. The predicted molar refractivity (Wildman–Crippen MR) is 95.4 cm³/mol. The molecule has 0 aliphatic carbocycles. The zero-order valence-electron chi connectivity index (χ0n) is 15.0. The summed E-state index contributed by atoms with van der Waals surface area (Å²) >= 11 is 0. The Kier molecular flexibility index (Phi) is 9.00. The molecule has 0 aliphatic rings. The highest BCUT2D eigenvalue weighted by atomic mass is 32.2. The van der Waals surface area contributed by atoms with E-state index in [1.165, 1.54) is 0 Å². The van der Waals surface area contributed by atoms with E-state index < -0.39 is 10.0 Å². The first-order valence-corrected chi connectivity index (χ1v) is 10.1. The number of carbonyl (C=O) groups is 1. The zero-order chi connectivity index (χ0) is 18.0. The summed E-state index contributed by atoms with van der Waals surface area (Å²) in [5.41, 5.74) is 0.751. The van der Waals surface area contributed by atoms with Gasteiger partial charge in [-0.15, -0.1) is 0 Å². The molecular weight excluding hydrogens is 326 g/mol. The summed E-state index contributed by atoms with van der Waals surface area (Å²) in [6.45, 7) is 7.29. The van der Waals surface area contributed by atoms with Crippen LogP contribution >= 0.6 is 0 Å². The van der Waals surface area contributed by atoms with E-state index in [1.54, 1.807) is 35.5 Å². The predicted octanol–water partition coefficient (Wildman–Crippen LogP) is 3.38. The number of hydrogen-bond acceptors (Lipinski definition) is 4. The molecule has 1 aromatic carbocycles. The van der Waals surface area contributed by atoms with Gasteiger partial charge in [0.1, 0.15) is 0 Å². The Morgan fingerprint density at radius 1 is 1.00 bits per heavy atom. The summed E-state index contributed by atoms with van der Waals surface area (Å²) in [6, 6.07) is 6.52. The molecule has 0 saturated carbocycles. The molecule has 136 valence electrons. The van der Waals surface area contributed by atoms with E-state index in [9.17, 15) is 13.2 Å². The van der Waals surface area contributed by atoms with E-state index in [-0.39, 0.29) is 17.3 Å². The third-order valence-corrected chi connectivity index (χ3v) is 5.65. The van der Waals surface area contributed by atoms with Gasteiger partial charge in [0, 0.05) is 13.1 Å². The van der Waals surface area contributed by atoms with E-state index in [1.807, 2.05) is 0 Å². The van der Waals surface area contributed by atoms with Crippen LogP contribution in [0.4, 0.5) is 0 Å². The largest absolute Gasteiger partial charge is 0.466 e. The second-order valence-electron chi connectivity index (χ2n) is 5.74. The monoisotopic (exact) mass is 355 g/mol. The summed E-state index contributed by atoms with van der Waals surface area (Å²) in [5, 5.41) is 0. The number of rotatable bonds is 11. The fourth-order valence-electron chi connectivity index (χ4n) is 2.33. The van der Waals surface area contributed by atoms with Crippen molar-refractivity contribution < 1.29 is 17.9 Å². The number of esters is 1. The number of ether oxygens (including phenoxy) is 1. The second-order valence-corrected chi connectivity index (χ2v) is 7.67. The highest BCUT2D eigenvalue weighted by Crippen LogP contribution is 2.18. The first kappa shape index (κ1) is 20.6. The van der Waals surface area contributed by atoms with Gasteiger partial charge in [-0.25, -0.2) is 8.42 Å². The van der Waals surface area contributed by atoms with Gasteiger partial charge in [-0.3, -0.25) is 4.79 Å². The van der Waals surface area contributed by atoms with Gasteiger partial charge in [0.25, 0.3) is 0 Å². The van der Waals surface area contributed by atoms with E-state index in [4.69, 9.17) is 4.74 Å². The van der Waals surface area contributed by atoms with Crippen LogP contribution in [0.25, 0.3) is 0 Å². The van der Waals surface area contributed by atoms with Crippen LogP contribution in [0.3, 0.4) is 0 Å². The number of benzene rings is 1. The summed E-state index contributed by atoms with van der Waals surface area (Å²) in [7, 11) is -3.48. The highest BCUT2D eigenvalue weighted by Gasteiger charge is 2.23. The number of sulfonamides is 1. The lowest BCUT2D eigenvalue weighted by Gasteiger charge is -2.22. The number of unbranched alkanes of at least 4 members (excludes halogenated alkanes) is 2. The van der Waals surface area contributed by atoms with Crippen LogP contribution < -0.4 is 0 Å². The van der Waals surface area contributed by atoms with Gasteiger partial charge < -0.3 is 4.74 Å². The summed E-state index contributed by atoms with van der Waals surface area (Å²) in [4.78, 5) is 11.8. The topological polar surface area (TPSA) is 63.7 Å². The Hall–Kier alpha value is -1.40. The maximum absolute atomic E-state index is 12.8. The van der Waals surface area contributed by atoms with Crippen molar-refractivity contribution in [2.75, 3.05) is 19.7 Å². The van der Waals surface area contributed by atoms with Gasteiger partial charge in [0.05, 0.1) is 17.9 Å². The standard InChI is InChI=1S/C18H29NO4S/c1-4-7-13-19(14-8-5-2)24(21,22)17-11-9-16(10-12-17)15-18(20)23-6-3/h9-12H,4-8,13-15H2,1-3H3. The van der Waals surface area contributed by atoms with Crippen LogP contribution in [-0.2, 0) is 26.0 Å². The van der Waals surface area contributed by atoms with Crippen molar-refractivity contribution in [2.45, 2.75) is 57.8 Å². The highest BCUT2D eigenvalue weighted by molar-refractivity contribution is 7.89. The molecule has 5 nitrogen and oxygen atoms in total. The minimum Gasteiger partial charge on any atom is -0.466 e. The molecule has 0 fully saturated rings. The number of hydrogen-bond donors (Lipinski definition) is 0. The molecule has 0 bridgehead atoms. The van der Waals surface area contributed by atoms with Crippen molar-refractivity contribution in [1.82, 2.24) is 4.31 Å². The van der Waals surface area contributed by atoms with Crippen LogP contribution in [0, 0.1) is 0 Å². The molecule has 0 N–H and O–H groups in total. The van der Waals surface area contributed by atoms with E-state index in [0.717, 1.165) is 31.2 Å². The maximum atomic E-state index is 12.8. The lowest BCUT2D eigenvalue weighted by Crippen LogP contribution is -2.33. The Bertz CT molecular complexity index is 588. The molecule has 0 spiro atoms. The lowest BCUT2D eigenvalue weighted by molar-refractivity contribution is -0.142. The molecule has 1 aromatic rings. The van der Waals surface area contributed by atoms with Crippen molar-refractivity contribution in [2.24, 2.45) is 0 Å². The summed E-state index contributed by atoms with van der Waals surface area (Å²) < 4.78 is 32.1. The minimum atomic E-state index is -3.48. The average Bonchev–Trinajstić information content (AvgIpc) is 2.55. The molecule has 0 heterocycles. The van der Waals surface area contributed by atoms with Crippen LogP contribution in [0.15, 0.2) is 29.2 Å². The molecule has 0 aromatic heterocycles. The Morgan fingerprint density at radius 3 is 2.00 bits per heavy atom. The van der Waals surface area contributed by atoms with E-state index >= 15 is 0 Å². The SMILES string of the molecule is CCCCN(CCCC)S(=O)(=O)c1ccc(CC(=O)OCC)cc1. The van der Waals surface area contributed by atoms with Crippen molar-refractivity contribution in [3.8, 4) is 0 Å². The molecule has 24 heavy (non-hydrogen) atoms. The summed E-state index contributed by atoms with van der Waals surface area (Å²) in [5.74, 6) is -0.305. The van der Waals surface area contributed by atoms with E-state index in [2.05, 4.69) is 13.8 Å². The molecule has 0 unspecified atom stereocenters. The molecule has 0 radical (unpaired) electrons. The average molecular weight is 356 g/mol. The Labute approximate surface area is 146 Å². The molecule has 0 atom stereocenters. The van der Waals surface area contributed by atoms with Crippen molar-refractivity contribution in [3.05, 3.63) is 29.8 Å². The number of nitrogens with zero attached hydrogens (tertiary/aromatic N) is 1. The molecular formula is C18H29NO4S. The maximum Gasteiger partial charge on any atom is 0.310 e. The molecule has 0 amide bonds. The van der Waals surface area contributed by atoms with Crippen molar-refractivity contribution in [1.29, 1.82) is 0 Å². The lowest BCUT2D eigenvalue weighted by atomic mass is 10.1.